The molecule has 1 aliphatic rings. The first-order chi connectivity index (χ1) is 9.94. The second-order valence-corrected chi connectivity index (χ2v) is 6.15. The van der Waals surface area contributed by atoms with E-state index in [0.29, 0.717) is 18.4 Å². The van der Waals surface area contributed by atoms with Gasteiger partial charge >= 0.3 is 5.97 Å². The maximum Gasteiger partial charge on any atom is 0.329 e. The minimum absolute atomic E-state index is 0.440. The standard InChI is InChI=1S/C16H20ClNO3/c1-11-5-7-12(8-6-11)13(17)14(19)18-16(15(20)21)9-3-2-4-10-16/h5-8,13H,2-4,9-10H2,1H3,(H,18,19)(H,20,21). The van der Waals surface area contributed by atoms with E-state index in [-0.39, 0.29) is 0 Å². The molecule has 1 atom stereocenters. The summed E-state index contributed by atoms with van der Waals surface area (Å²) in [5.74, 6) is -1.41. The molecule has 0 spiro atoms. The number of benzene rings is 1. The lowest BCUT2D eigenvalue weighted by Gasteiger charge is -2.34. The third-order valence-electron chi connectivity index (χ3n) is 4.08. The van der Waals surface area contributed by atoms with Crippen LogP contribution in [-0.4, -0.2) is 22.5 Å². The molecule has 0 aromatic heterocycles. The van der Waals surface area contributed by atoms with Crippen molar-refractivity contribution in [3.63, 3.8) is 0 Å². The molecule has 1 aromatic rings. The van der Waals surface area contributed by atoms with Crippen molar-refractivity contribution in [2.24, 2.45) is 0 Å². The number of aliphatic carboxylic acids is 1. The lowest BCUT2D eigenvalue weighted by Crippen LogP contribution is -2.56. The Bertz CT molecular complexity index is 521. The van der Waals surface area contributed by atoms with Gasteiger partial charge in [-0.15, -0.1) is 11.6 Å². The predicted molar refractivity (Wildman–Crippen MR) is 81.4 cm³/mol. The fraction of sp³-hybridized carbons (Fsp3) is 0.500. The summed E-state index contributed by atoms with van der Waals surface area (Å²) in [5.41, 5.74) is 0.598. The van der Waals surface area contributed by atoms with Crippen molar-refractivity contribution in [1.29, 1.82) is 0 Å². The Morgan fingerprint density at radius 1 is 1.19 bits per heavy atom. The van der Waals surface area contributed by atoms with E-state index in [1.807, 2.05) is 19.1 Å². The van der Waals surface area contributed by atoms with Gasteiger partial charge in [-0.1, -0.05) is 49.1 Å². The van der Waals surface area contributed by atoms with E-state index in [1.165, 1.54) is 0 Å². The first-order valence-electron chi connectivity index (χ1n) is 7.21. The minimum atomic E-state index is -1.16. The van der Waals surface area contributed by atoms with Crippen LogP contribution in [0.3, 0.4) is 0 Å². The summed E-state index contributed by atoms with van der Waals surface area (Å²) in [4.78, 5) is 23.9. The minimum Gasteiger partial charge on any atom is -0.480 e. The smallest absolute Gasteiger partial charge is 0.329 e. The van der Waals surface area contributed by atoms with Crippen molar-refractivity contribution in [1.82, 2.24) is 5.32 Å². The van der Waals surface area contributed by atoms with Crippen LogP contribution in [0.15, 0.2) is 24.3 Å². The van der Waals surface area contributed by atoms with Crippen LogP contribution in [0.5, 0.6) is 0 Å². The van der Waals surface area contributed by atoms with Crippen LogP contribution in [0, 0.1) is 6.92 Å². The number of halogens is 1. The fourth-order valence-electron chi connectivity index (χ4n) is 2.73. The first-order valence-corrected chi connectivity index (χ1v) is 7.64. The molecule has 1 amide bonds. The van der Waals surface area contributed by atoms with Crippen molar-refractivity contribution < 1.29 is 14.7 Å². The van der Waals surface area contributed by atoms with Crippen molar-refractivity contribution in [3.8, 4) is 0 Å². The van der Waals surface area contributed by atoms with E-state index in [4.69, 9.17) is 11.6 Å². The quantitative estimate of drug-likeness (QED) is 0.839. The predicted octanol–water partition coefficient (Wildman–Crippen LogP) is 3.18. The first kappa shape index (κ1) is 15.8. The third kappa shape index (κ3) is 3.56. The SMILES string of the molecule is Cc1ccc(C(Cl)C(=O)NC2(C(=O)O)CCCCC2)cc1. The van der Waals surface area contributed by atoms with E-state index >= 15 is 0 Å². The summed E-state index contributed by atoms with van der Waals surface area (Å²) in [7, 11) is 0. The van der Waals surface area contributed by atoms with Crippen LogP contribution >= 0.6 is 11.6 Å². The van der Waals surface area contributed by atoms with E-state index in [1.54, 1.807) is 12.1 Å². The lowest BCUT2D eigenvalue weighted by atomic mass is 9.81. The van der Waals surface area contributed by atoms with Gasteiger partial charge in [0.2, 0.25) is 5.91 Å². The zero-order chi connectivity index (χ0) is 15.5. The summed E-state index contributed by atoms with van der Waals surface area (Å²) in [6, 6.07) is 7.35. The van der Waals surface area contributed by atoms with E-state index in [0.717, 1.165) is 24.8 Å². The average Bonchev–Trinajstić information content (AvgIpc) is 2.48. The maximum absolute atomic E-state index is 12.3. The van der Waals surface area contributed by atoms with Crippen LogP contribution in [0.1, 0.15) is 48.6 Å². The topological polar surface area (TPSA) is 66.4 Å². The van der Waals surface area contributed by atoms with Gasteiger partial charge in [0.05, 0.1) is 0 Å². The molecule has 0 aliphatic heterocycles. The summed E-state index contributed by atoms with van der Waals surface area (Å²) in [5, 5.41) is 11.3. The van der Waals surface area contributed by atoms with E-state index in [9.17, 15) is 14.7 Å². The van der Waals surface area contributed by atoms with Crippen LogP contribution in [0.25, 0.3) is 0 Å². The molecular formula is C16H20ClNO3. The summed E-state index contributed by atoms with van der Waals surface area (Å²) in [6.45, 7) is 1.95. The number of aryl methyl sites for hydroxylation is 1. The number of carboxylic acids is 1. The molecule has 1 aliphatic carbocycles. The molecule has 0 saturated heterocycles. The van der Waals surface area contributed by atoms with Gasteiger partial charge in [-0.25, -0.2) is 4.79 Å². The molecule has 4 nitrogen and oxygen atoms in total. The van der Waals surface area contributed by atoms with Crippen molar-refractivity contribution in [2.45, 2.75) is 49.9 Å². The number of hydrogen-bond acceptors (Lipinski definition) is 2. The molecule has 21 heavy (non-hydrogen) atoms. The van der Waals surface area contributed by atoms with E-state index in [2.05, 4.69) is 5.32 Å². The van der Waals surface area contributed by atoms with Crippen molar-refractivity contribution in [2.75, 3.05) is 0 Å². The summed E-state index contributed by atoms with van der Waals surface area (Å²) in [6.07, 6.45) is 3.55. The maximum atomic E-state index is 12.3. The van der Waals surface area contributed by atoms with Gasteiger partial charge in [0.25, 0.3) is 0 Å². The van der Waals surface area contributed by atoms with Crippen LogP contribution < -0.4 is 5.32 Å². The third-order valence-corrected chi connectivity index (χ3v) is 4.53. The number of carbonyl (C=O) groups excluding carboxylic acids is 1. The Balaban J connectivity index is 2.11. The molecule has 0 radical (unpaired) electrons. The molecule has 1 unspecified atom stereocenters. The molecule has 5 heteroatoms. The highest BCUT2D eigenvalue weighted by Gasteiger charge is 2.42. The number of hydrogen-bond donors (Lipinski definition) is 2. The van der Waals surface area contributed by atoms with Gasteiger partial charge in [0, 0.05) is 0 Å². The molecular weight excluding hydrogens is 290 g/mol. The van der Waals surface area contributed by atoms with Crippen LogP contribution in [0.2, 0.25) is 0 Å². The van der Waals surface area contributed by atoms with Gasteiger partial charge < -0.3 is 10.4 Å². The Morgan fingerprint density at radius 2 is 1.76 bits per heavy atom. The number of amides is 1. The van der Waals surface area contributed by atoms with Gasteiger partial charge in [-0.05, 0) is 25.3 Å². The lowest BCUT2D eigenvalue weighted by molar-refractivity contribution is -0.149. The second-order valence-electron chi connectivity index (χ2n) is 5.71. The number of carbonyl (C=O) groups is 2. The number of nitrogens with one attached hydrogen (secondary N) is 1. The molecule has 1 saturated carbocycles. The highest BCUT2D eigenvalue weighted by Crippen LogP contribution is 2.30. The number of alkyl halides is 1. The summed E-state index contributed by atoms with van der Waals surface area (Å²) < 4.78 is 0. The van der Waals surface area contributed by atoms with Gasteiger partial charge in [0.15, 0.2) is 0 Å². The van der Waals surface area contributed by atoms with Gasteiger partial charge in [0.1, 0.15) is 10.9 Å². The van der Waals surface area contributed by atoms with Gasteiger partial charge in [-0.3, -0.25) is 4.79 Å². The Labute approximate surface area is 129 Å². The van der Waals surface area contributed by atoms with Crippen LogP contribution in [-0.2, 0) is 9.59 Å². The Kier molecular flexibility index (Phi) is 4.88. The van der Waals surface area contributed by atoms with Crippen LogP contribution in [0.4, 0.5) is 0 Å². The Morgan fingerprint density at radius 3 is 2.29 bits per heavy atom. The molecule has 2 N–H and O–H groups in total. The van der Waals surface area contributed by atoms with Gasteiger partial charge in [-0.2, -0.15) is 0 Å². The van der Waals surface area contributed by atoms with E-state index < -0.39 is 22.8 Å². The Hall–Kier alpha value is -1.55. The number of carboxylic acid groups (broad SMARTS) is 1. The number of rotatable bonds is 4. The summed E-state index contributed by atoms with van der Waals surface area (Å²) >= 11 is 6.19. The monoisotopic (exact) mass is 309 g/mol. The molecule has 0 bridgehead atoms. The molecule has 1 fully saturated rings. The zero-order valence-corrected chi connectivity index (χ0v) is 12.8. The largest absolute Gasteiger partial charge is 0.480 e. The molecule has 0 heterocycles. The normalized spacial score (nSPS) is 18.8. The second kappa shape index (κ2) is 6.48. The molecule has 2 rings (SSSR count). The fourth-order valence-corrected chi connectivity index (χ4v) is 2.93. The van der Waals surface area contributed by atoms with Crippen molar-refractivity contribution >= 4 is 23.5 Å². The van der Waals surface area contributed by atoms with Crippen molar-refractivity contribution in [3.05, 3.63) is 35.4 Å². The highest BCUT2D eigenvalue weighted by atomic mass is 35.5. The highest BCUT2D eigenvalue weighted by molar-refractivity contribution is 6.31. The molecule has 114 valence electrons. The zero-order valence-electron chi connectivity index (χ0n) is 12.1. The average molecular weight is 310 g/mol. The molecule has 1 aromatic carbocycles.